The summed E-state index contributed by atoms with van der Waals surface area (Å²) < 4.78 is 5.03. The number of amides is 1. The second-order valence-corrected chi connectivity index (χ2v) is 4.50. The molecule has 1 aromatic heterocycles. The van der Waals surface area contributed by atoms with Crippen LogP contribution < -0.4 is 11.3 Å². The molecule has 20 heavy (non-hydrogen) atoms. The van der Waals surface area contributed by atoms with Gasteiger partial charge in [0.05, 0.1) is 6.61 Å². The highest BCUT2D eigenvalue weighted by Gasteiger charge is 2.15. The van der Waals surface area contributed by atoms with Gasteiger partial charge in [-0.25, -0.2) is 10.8 Å². The second kappa shape index (κ2) is 8.50. The van der Waals surface area contributed by atoms with E-state index < -0.39 is 0 Å². The SMILES string of the molecule is CCCc1cc(C(=O)N(CC)CCOC)cc(NN)n1. The van der Waals surface area contributed by atoms with Gasteiger partial charge in [-0.3, -0.25) is 4.79 Å². The largest absolute Gasteiger partial charge is 0.383 e. The number of nitrogen functional groups attached to an aromatic ring is 1. The standard InChI is InChI=1S/C14H24N4O2/c1-4-6-12-9-11(10-13(16-12)17-15)14(19)18(5-2)7-8-20-3/h9-10H,4-8,15H2,1-3H3,(H,16,17). The topological polar surface area (TPSA) is 80.5 Å². The van der Waals surface area contributed by atoms with Crippen LogP contribution in [0, 0.1) is 0 Å². The Bertz CT molecular complexity index is 437. The van der Waals surface area contributed by atoms with Gasteiger partial charge < -0.3 is 15.1 Å². The number of rotatable bonds is 8. The molecule has 0 aliphatic rings. The van der Waals surface area contributed by atoms with Crippen LogP contribution >= 0.6 is 0 Å². The van der Waals surface area contributed by atoms with Crippen LogP contribution in [0.25, 0.3) is 0 Å². The predicted octanol–water partition coefficient (Wildman–Crippen LogP) is 1.43. The van der Waals surface area contributed by atoms with Crippen LogP contribution in [0.2, 0.25) is 0 Å². The average Bonchev–Trinajstić information content (AvgIpc) is 2.47. The van der Waals surface area contributed by atoms with Crippen molar-refractivity contribution in [2.24, 2.45) is 5.84 Å². The third-order valence-corrected chi connectivity index (χ3v) is 3.01. The van der Waals surface area contributed by atoms with Crippen molar-refractivity contribution in [2.75, 3.05) is 32.2 Å². The van der Waals surface area contributed by atoms with E-state index in [2.05, 4.69) is 17.3 Å². The minimum Gasteiger partial charge on any atom is -0.383 e. The Labute approximate surface area is 120 Å². The molecule has 0 saturated heterocycles. The number of ether oxygens (including phenoxy) is 1. The summed E-state index contributed by atoms with van der Waals surface area (Å²) in [6.07, 6.45) is 1.79. The zero-order chi connectivity index (χ0) is 15.0. The summed E-state index contributed by atoms with van der Waals surface area (Å²) in [4.78, 5) is 18.6. The van der Waals surface area contributed by atoms with Gasteiger partial charge in [-0.05, 0) is 25.5 Å². The predicted molar refractivity (Wildman–Crippen MR) is 79.5 cm³/mol. The minimum atomic E-state index is -0.0270. The van der Waals surface area contributed by atoms with Crippen molar-refractivity contribution in [3.05, 3.63) is 23.4 Å². The van der Waals surface area contributed by atoms with Crippen LogP contribution in [-0.4, -0.2) is 42.6 Å². The molecule has 0 aromatic carbocycles. The number of methoxy groups -OCH3 is 1. The Balaban J connectivity index is 2.97. The normalized spacial score (nSPS) is 10.4. The molecular weight excluding hydrogens is 256 g/mol. The van der Waals surface area contributed by atoms with Crippen molar-refractivity contribution < 1.29 is 9.53 Å². The second-order valence-electron chi connectivity index (χ2n) is 4.50. The molecule has 1 rings (SSSR count). The Kier molecular flexibility index (Phi) is 6.97. The molecule has 0 aliphatic carbocycles. The molecule has 6 nitrogen and oxygen atoms in total. The third-order valence-electron chi connectivity index (χ3n) is 3.01. The molecular formula is C14H24N4O2. The molecule has 3 N–H and O–H groups in total. The van der Waals surface area contributed by atoms with Crippen molar-refractivity contribution in [1.29, 1.82) is 0 Å². The first-order valence-corrected chi connectivity index (χ1v) is 6.92. The van der Waals surface area contributed by atoms with Gasteiger partial charge >= 0.3 is 0 Å². The van der Waals surface area contributed by atoms with Crippen molar-refractivity contribution in [2.45, 2.75) is 26.7 Å². The number of nitrogens with zero attached hydrogens (tertiary/aromatic N) is 2. The quantitative estimate of drug-likeness (QED) is 0.556. The lowest BCUT2D eigenvalue weighted by molar-refractivity contribution is 0.0706. The number of carbonyl (C=O) groups excluding carboxylic acids is 1. The van der Waals surface area contributed by atoms with E-state index in [0.29, 0.717) is 31.1 Å². The maximum Gasteiger partial charge on any atom is 0.254 e. The lowest BCUT2D eigenvalue weighted by Gasteiger charge is -2.21. The molecule has 0 aliphatic heterocycles. The summed E-state index contributed by atoms with van der Waals surface area (Å²) in [5.41, 5.74) is 3.99. The van der Waals surface area contributed by atoms with E-state index >= 15 is 0 Å². The third kappa shape index (κ3) is 4.47. The summed E-state index contributed by atoms with van der Waals surface area (Å²) in [6.45, 7) is 5.75. The van der Waals surface area contributed by atoms with Gasteiger partial charge in [0, 0.05) is 31.5 Å². The Morgan fingerprint density at radius 2 is 2.20 bits per heavy atom. The van der Waals surface area contributed by atoms with Gasteiger partial charge in [-0.2, -0.15) is 0 Å². The maximum absolute atomic E-state index is 12.5. The summed E-state index contributed by atoms with van der Waals surface area (Å²) in [5.74, 6) is 5.90. The van der Waals surface area contributed by atoms with Crippen molar-refractivity contribution in [3.8, 4) is 0 Å². The summed E-state index contributed by atoms with van der Waals surface area (Å²) in [6, 6.07) is 3.51. The first-order chi connectivity index (χ1) is 9.65. The molecule has 1 aromatic rings. The van der Waals surface area contributed by atoms with Gasteiger partial charge in [0.25, 0.3) is 5.91 Å². The van der Waals surface area contributed by atoms with E-state index in [1.54, 1.807) is 18.1 Å². The highest BCUT2D eigenvalue weighted by molar-refractivity contribution is 5.95. The summed E-state index contributed by atoms with van der Waals surface area (Å²) in [5, 5.41) is 0. The van der Waals surface area contributed by atoms with E-state index in [1.165, 1.54) is 0 Å². The van der Waals surface area contributed by atoms with Crippen molar-refractivity contribution >= 4 is 11.7 Å². The highest BCUT2D eigenvalue weighted by Crippen LogP contribution is 2.13. The number of hydrazine groups is 1. The van der Waals surface area contributed by atoms with E-state index in [-0.39, 0.29) is 5.91 Å². The fraction of sp³-hybridized carbons (Fsp3) is 0.571. The summed E-state index contributed by atoms with van der Waals surface area (Å²) >= 11 is 0. The van der Waals surface area contributed by atoms with Gasteiger partial charge in [0.2, 0.25) is 0 Å². The van der Waals surface area contributed by atoms with Gasteiger partial charge in [-0.15, -0.1) is 0 Å². The van der Waals surface area contributed by atoms with Gasteiger partial charge in [0.1, 0.15) is 5.82 Å². The van der Waals surface area contributed by atoms with Crippen LogP contribution in [0.4, 0.5) is 5.82 Å². The maximum atomic E-state index is 12.5. The summed E-state index contributed by atoms with van der Waals surface area (Å²) in [7, 11) is 1.63. The lowest BCUT2D eigenvalue weighted by Crippen LogP contribution is -2.34. The molecule has 1 amide bonds. The smallest absolute Gasteiger partial charge is 0.254 e. The number of carbonyl (C=O) groups is 1. The number of aromatic nitrogens is 1. The molecule has 0 fully saturated rings. The molecule has 0 spiro atoms. The molecule has 0 radical (unpaired) electrons. The molecule has 0 bridgehead atoms. The fourth-order valence-electron chi connectivity index (χ4n) is 1.96. The highest BCUT2D eigenvalue weighted by atomic mass is 16.5. The van der Waals surface area contributed by atoms with E-state index in [0.717, 1.165) is 18.5 Å². The van der Waals surface area contributed by atoms with Gasteiger partial charge in [-0.1, -0.05) is 13.3 Å². The number of hydrogen-bond acceptors (Lipinski definition) is 5. The molecule has 1 heterocycles. The number of pyridine rings is 1. The molecule has 0 saturated carbocycles. The number of aryl methyl sites for hydroxylation is 1. The first-order valence-electron chi connectivity index (χ1n) is 6.92. The van der Waals surface area contributed by atoms with Gasteiger partial charge in [0.15, 0.2) is 0 Å². The number of likely N-dealkylation sites (N-methyl/N-ethyl adjacent to an activating group) is 1. The monoisotopic (exact) mass is 280 g/mol. The number of nitrogens with two attached hydrogens (primary N) is 1. The van der Waals surface area contributed by atoms with Crippen molar-refractivity contribution in [1.82, 2.24) is 9.88 Å². The van der Waals surface area contributed by atoms with E-state index in [4.69, 9.17) is 10.6 Å². The van der Waals surface area contributed by atoms with Crippen LogP contribution in [0.1, 0.15) is 36.3 Å². The minimum absolute atomic E-state index is 0.0270. The molecule has 112 valence electrons. The zero-order valence-corrected chi connectivity index (χ0v) is 12.5. The molecule has 0 unspecified atom stereocenters. The Hall–Kier alpha value is -1.66. The Morgan fingerprint density at radius 1 is 1.45 bits per heavy atom. The van der Waals surface area contributed by atoms with Crippen LogP contribution in [0.5, 0.6) is 0 Å². The van der Waals surface area contributed by atoms with Crippen LogP contribution in [0.3, 0.4) is 0 Å². The lowest BCUT2D eigenvalue weighted by atomic mass is 10.1. The fourth-order valence-corrected chi connectivity index (χ4v) is 1.96. The molecule has 6 heteroatoms. The van der Waals surface area contributed by atoms with E-state index in [1.807, 2.05) is 13.0 Å². The molecule has 0 atom stereocenters. The van der Waals surface area contributed by atoms with E-state index in [9.17, 15) is 4.79 Å². The van der Waals surface area contributed by atoms with Crippen LogP contribution in [-0.2, 0) is 11.2 Å². The first kappa shape index (κ1) is 16.4. The number of nitrogens with one attached hydrogen (secondary N) is 1. The Morgan fingerprint density at radius 3 is 2.75 bits per heavy atom. The number of anilines is 1. The van der Waals surface area contributed by atoms with Crippen molar-refractivity contribution in [3.63, 3.8) is 0 Å². The van der Waals surface area contributed by atoms with Crippen LogP contribution in [0.15, 0.2) is 12.1 Å². The zero-order valence-electron chi connectivity index (χ0n) is 12.5. The average molecular weight is 280 g/mol. The number of hydrogen-bond donors (Lipinski definition) is 2.